The monoisotopic (exact) mass is 251 g/mol. The summed E-state index contributed by atoms with van der Waals surface area (Å²) in [6, 6.07) is 3.63. The number of hydrogen-bond acceptors (Lipinski definition) is 4. The molecule has 5 nitrogen and oxygen atoms in total. The molecule has 0 aromatic carbocycles. The highest BCUT2D eigenvalue weighted by Gasteiger charge is 2.05. The van der Waals surface area contributed by atoms with E-state index >= 15 is 0 Å². The van der Waals surface area contributed by atoms with Gasteiger partial charge in [0, 0.05) is 12.8 Å². The van der Waals surface area contributed by atoms with Crippen LogP contribution in [0.25, 0.3) is 0 Å². The number of pyridine rings is 1. The summed E-state index contributed by atoms with van der Waals surface area (Å²) in [5.74, 6) is 0.618. The van der Waals surface area contributed by atoms with Gasteiger partial charge in [0.1, 0.15) is 5.69 Å². The van der Waals surface area contributed by atoms with Crippen molar-refractivity contribution in [2.75, 3.05) is 6.61 Å². The lowest BCUT2D eigenvalue weighted by Gasteiger charge is -2.12. The van der Waals surface area contributed by atoms with Gasteiger partial charge in [-0.05, 0) is 23.6 Å². The molecule has 0 amide bonds. The molecule has 0 bridgehead atoms. The van der Waals surface area contributed by atoms with Crippen LogP contribution in [0.2, 0.25) is 0 Å². The van der Waals surface area contributed by atoms with Gasteiger partial charge in [0.2, 0.25) is 0 Å². The third-order valence-electron chi connectivity index (χ3n) is 2.97. The summed E-state index contributed by atoms with van der Waals surface area (Å²) in [5, 5.41) is 11.5. The molecule has 0 unspecified atom stereocenters. The summed E-state index contributed by atoms with van der Waals surface area (Å²) in [6.07, 6.45) is 3.88. The quantitative estimate of drug-likeness (QED) is 0.337. The van der Waals surface area contributed by atoms with Crippen molar-refractivity contribution in [3.8, 4) is 0 Å². The Balaban J connectivity index is 2.52. The van der Waals surface area contributed by atoms with Gasteiger partial charge < -0.3 is 15.7 Å². The minimum atomic E-state index is 0.0110. The number of rotatable bonds is 7. The Morgan fingerprint density at radius 1 is 1.50 bits per heavy atom. The summed E-state index contributed by atoms with van der Waals surface area (Å²) in [6.45, 7) is 5.61. The Hall–Kier alpha value is -1.62. The van der Waals surface area contributed by atoms with Crippen molar-refractivity contribution < 1.29 is 9.94 Å². The van der Waals surface area contributed by atoms with Gasteiger partial charge in [0.05, 0.1) is 6.61 Å². The van der Waals surface area contributed by atoms with Gasteiger partial charge in [0.15, 0.2) is 5.84 Å². The molecule has 1 rings (SSSR count). The lowest BCUT2D eigenvalue weighted by Crippen LogP contribution is -2.15. The predicted octanol–water partition coefficient (Wildman–Crippen LogP) is 2.13. The number of nitrogens with two attached hydrogens (primary N) is 1. The largest absolute Gasteiger partial charge is 0.409 e. The first kappa shape index (κ1) is 14.4. The highest BCUT2D eigenvalue weighted by Crippen LogP contribution is 2.10. The van der Waals surface area contributed by atoms with E-state index in [1.54, 1.807) is 12.3 Å². The van der Waals surface area contributed by atoms with E-state index in [1.165, 1.54) is 0 Å². The van der Waals surface area contributed by atoms with E-state index in [1.807, 2.05) is 6.07 Å². The molecule has 0 saturated carbocycles. The molecule has 3 N–H and O–H groups in total. The van der Waals surface area contributed by atoms with Crippen LogP contribution in [-0.4, -0.2) is 22.6 Å². The maximum atomic E-state index is 8.58. The van der Waals surface area contributed by atoms with Gasteiger partial charge in [-0.15, -0.1) is 0 Å². The zero-order chi connectivity index (χ0) is 13.4. The summed E-state index contributed by atoms with van der Waals surface area (Å²) in [7, 11) is 0. The molecule has 0 aliphatic rings. The van der Waals surface area contributed by atoms with Crippen molar-refractivity contribution in [2.24, 2.45) is 16.8 Å². The van der Waals surface area contributed by atoms with Crippen molar-refractivity contribution >= 4 is 5.84 Å². The number of oxime groups is 1. The number of aromatic nitrogens is 1. The fraction of sp³-hybridized carbons (Fsp3) is 0.538. The van der Waals surface area contributed by atoms with Crippen LogP contribution in [-0.2, 0) is 11.3 Å². The van der Waals surface area contributed by atoms with Crippen LogP contribution in [0.5, 0.6) is 0 Å². The third-order valence-corrected chi connectivity index (χ3v) is 2.97. The van der Waals surface area contributed by atoms with Crippen molar-refractivity contribution in [1.29, 1.82) is 0 Å². The molecular weight excluding hydrogens is 230 g/mol. The SMILES string of the molecule is CCC(CC)COCc1ccnc(/C(N)=N/O)c1. The van der Waals surface area contributed by atoms with Crippen LogP contribution in [0.1, 0.15) is 37.9 Å². The van der Waals surface area contributed by atoms with E-state index in [-0.39, 0.29) is 5.84 Å². The van der Waals surface area contributed by atoms with Crippen LogP contribution in [0.15, 0.2) is 23.5 Å². The van der Waals surface area contributed by atoms with E-state index in [2.05, 4.69) is 24.0 Å². The molecule has 5 heteroatoms. The van der Waals surface area contributed by atoms with Gasteiger partial charge >= 0.3 is 0 Å². The van der Waals surface area contributed by atoms with Crippen molar-refractivity contribution in [3.05, 3.63) is 29.6 Å². The Morgan fingerprint density at radius 3 is 2.83 bits per heavy atom. The minimum absolute atomic E-state index is 0.0110. The number of amidine groups is 1. The molecule has 1 aromatic heterocycles. The standard InChI is InChI=1S/C13H21N3O2/c1-3-10(4-2)8-18-9-11-5-6-15-12(7-11)13(14)16-17/h5-7,10,17H,3-4,8-9H2,1-2H3,(H2,14,16). The maximum Gasteiger partial charge on any atom is 0.188 e. The molecule has 0 spiro atoms. The lowest BCUT2D eigenvalue weighted by atomic mass is 10.1. The number of ether oxygens (including phenoxy) is 1. The molecular formula is C13H21N3O2. The summed E-state index contributed by atoms with van der Waals surface area (Å²) < 4.78 is 5.66. The van der Waals surface area contributed by atoms with Gasteiger partial charge in [0.25, 0.3) is 0 Å². The van der Waals surface area contributed by atoms with E-state index in [0.717, 1.165) is 25.0 Å². The molecule has 0 aliphatic heterocycles. The highest BCUT2D eigenvalue weighted by atomic mass is 16.5. The van der Waals surface area contributed by atoms with Crippen molar-refractivity contribution in [3.63, 3.8) is 0 Å². The molecule has 1 aromatic rings. The second kappa shape index (κ2) is 7.66. The summed E-state index contributed by atoms with van der Waals surface area (Å²) in [5.41, 5.74) is 6.91. The zero-order valence-electron chi connectivity index (χ0n) is 11.0. The smallest absolute Gasteiger partial charge is 0.188 e. The molecule has 100 valence electrons. The number of nitrogens with zero attached hydrogens (tertiary/aromatic N) is 2. The molecule has 18 heavy (non-hydrogen) atoms. The molecule has 0 radical (unpaired) electrons. The Bertz CT molecular complexity index is 390. The average molecular weight is 251 g/mol. The van der Waals surface area contributed by atoms with E-state index in [0.29, 0.717) is 18.2 Å². The van der Waals surface area contributed by atoms with E-state index in [4.69, 9.17) is 15.7 Å². The zero-order valence-corrected chi connectivity index (χ0v) is 11.0. The second-order valence-electron chi connectivity index (χ2n) is 4.23. The van der Waals surface area contributed by atoms with Crippen molar-refractivity contribution in [1.82, 2.24) is 4.98 Å². The normalized spacial score (nSPS) is 12.1. The molecule has 0 aliphatic carbocycles. The Labute approximate surface area is 108 Å². The van der Waals surface area contributed by atoms with Crippen LogP contribution in [0.4, 0.5) is 0 Å². The fourth-order valence-electron chi connectivity index (χ4n) is 1.62. The first-order valence-electron chi connectivity index (χ1n) is 6.21. The third kappa shape index (κ3) is 4.33. The minimum Gasteiger partial charge on any atom is -0.409 e. The topological polar surface area (TPSA) is 80.7 Å². The second-order valence-corrected chi connectivity index (χ2v) is 4.23. The van der Waals surface area contributed by atoms with Crippen molar-refractivity contribution in [2.45, 2.75) is 33.3 Å². The van der Waals surface area contributed by atoms with Crippen LogP contribution >= 0.6 is 0 Å². The van der Waals surface area contributed by atoms with Gasteiger partial charge in [-0.2, -0.15) is 0 Å². The van der Waals surface area contributed by atoms with Crippen LogP contribution in [0.3, 0.4) is 0 Å². The first-order chi connectivity index (χ1) is 8.71. The first-order valence-corrected chi connectivity index (χ1v) is 6.21. The van der Waals surface area contributed by atoms with Gasteiger partial charge in [-0.1, -0.05) is 31.8 Å². The highest BCUT2D eigenvalue weighted by molar-refractivity contribution is 5.95. The van der Waals surface area contributed by atoms with E-state index < -0.39 is 0 Å². The predicted molar refractivity (Wildman–Crippen MR) is 70.5 cm³/mol. The molecule has 0 saturated heterocycles. The fourth-order valence-corrected chi connectivity index (χ4v) is 1.62. The summed E-state index contributed by atoms with van der Waals surface area (Å²) in [4.78, 5) is 4.01. The average Bonchev–Trinajstić information content (AvgIpc) is 2.43. The number of hydrogen-bond donors (Lipinski definition) is 2. The van der Waals surface area contributed by atoms with Gasteiger partial charge in [-0.25, -0.2) is 0 Å². The Morgan fingerprint density at radius 2 is 2.22 bits per heavy atom. The van der Waals surface area contributed by atoms with Gasteiger partial charge in [-0.3, -0.25) is 4.98 Å². The van der Waals surface area contributed by atoms with Crippen LogP contribution in [0, 0.1) is 5.92 Å². The lowest BCUT2D eigenvalue weighted by molar-refractivity contribution is 0.0843. The Kier molecular flexibility index (Phi) is 6.14. The maximum absolute atomic E-state index is 8.58. The molecule has 0 atom stereocenters. The molecule has 0 fully saturated rings. The summed E-state index contributed by atoms with van der Waals surface area (Å²) >= 11 is 0. The molecule has 1 heterocycles. The van der Waals surface area contributed by atoms with Crippen LogP contribution < -0.4 is 5.73 Å². The van der Waals surface area contributed by atoms with E-state index in [9.17, 15) is 0 Å².